The van der Waals surface area contributed by atoms with E-state index in [9.17, 15) is 13.2 Å². The second-order valence-electron chi connectivity index (χ2n) is 7.98. The lowest BCUT2D eigenvalue weighted by atomic mass is 10.1. The van der Waals surface area contributed by atoms with Crippen molar-refractivity contribution < 1.29 is 23.0 Å². The average Bonchev–Trinajstić information content (AvgIpc) is 3.13. The molecule has 0 amide bonds. The molecule has 2 atom stereocenters. The average molecular weight is 467 g/mol. The zero-order valence-electron chi connectivity index (χ0n) is 16.7. The predicted molar refractivity (Wildman–Crippen MR) is 116 cm³/mol. The molecular formula is C24H23Cl2F3N2+2. The quantitative estimate of drug-likeness (QED) is 0.557. The van der Waals surface area contributed by atoms with Crippen molar-refractivity contribution in [3.8, 4) is 0 Å². The van der Waals surface area contributed by atoms with E-state index in [1.807, 2.05) is 54.6 Å². The third-order valence-corrected chi connectivity index (χ3v) is 6.32. The van der Waals surface area contributed by atoms with Gasteiger partial charge in [0.2, 0.25) is 6.17 Å². The first-order valence-electron chi connectivity index (χ1n) is 10.1. The van der Waals surface area contributed by atoms with E-state index in [0.717, 1.165) is 43.4 Å². The molecule has 0 bridgehead atoms. The minimum Gasteiger partial charge on any atom is -0.274 e. The zero-order chi connectivity index (χ0) is 22.0. The highest BCUT2D eigenvalue weighted by Crippen LogP contribution is 2.30. The maximum atomic E-state index is 13.4. The highest BCUT2D eigenvalue weighted by atomic mass is 35.5. The minimum atomic E-state index is -4.36. The van der Waals surface area contributed by atoms with Crippen LogP contribution in [0, 0.1) is 0 Å². The molecule has 1 fully saturated rings. The van der Waals surface area contributed by atoms with Crippen LogP contribution in [0.3, 0.4) is 0 Å². The van der Waals surface area contributed by atoms with Gasteiger partial charge in [-0.3, -0.25) is 9.80 Å². The molecule has 31 heavy (non-hydrogen) atoms. The van der Waals surface area contributed by atoms with E-state index in [1.54, 1.807) is 0 Å². The maximum Gasteiger partial charge on any atom is 0.416 e. The van der Waals surface area contributed by atoms with Crippen LogP contribution in [0.4, 0.5) is 13.2 Å². The molecular weight excluding hydrogens is 444 g/mol. The second-order valence-corrected chi connectivity index (χ2v) is 8.85. The summed E-state index contributed by atoms with van der Waals surface area (Å²) in [5.74, 6) is 0. The summed E-state index contributed by atoms with van der Waals surface area (Å²) in [6, 6.07) is 21.1. The van der Waals surface area contributed by atoms with Crippen LogP contribution in [0.25, 0.3) is 0 Å². The van der Waals surface area contributed by atoms with Crippen LogP contribution in [0.2, 0.25) is 10.0 Å². The van der Waals surface area contributed by atoms with Crippen molar-refractivity contribution in [2.24, 2.45) is 0 Å². The molecule has 1 saturated heterocycles. The summed E-state index contributed by atoms with van der Waals surface area (Å²) in [7, 11) is 0. The molecule has 0 spiro atoms. The number of alkyl halides is 3. The SMILES string of the molecule is FC(F)(F)c1cccc(C2[NH+](Cc3ccc(Cl)cc3)CC[NH+]2Cc2ccc(Cl)cc2)c1. The van der Waals surface area contributed by atoms with E-state index in [0.29, 0.717) is 15.6 Å². The lowest BCUT2D eigenvalue weighted by Crippen LogP contribution is -3.22. The summed E-state index contributed by atoms with van der Waals surface area (Å²) in [4.78, 5) is 2.48. The molecule has 0 aliphatic carbocycles. The molecule has 3 aromatic rings. The summed E-state index contributed by atoms with van der Waals surface area (Å²) in [6.07, 6.45) is -4.46. The molecule has 2 nitrogen and oxygen atoms in total. The molecule has 0 radical (unpaired) electrons. The van der Waals surface area contributed by atoms with Crippen molar-refractivity contribution in [1.29, 1.82) is 0 Å². The Kier molecular flexibility index (Phi) is 6.58. The Morgan fingerprint density at radius 2 is 1.23 bits per heavy atom. The molecule has 4 rings (SSSR count). The number of hydrogen-bond donors (Lipinski definition) is 2. The number of nitrogens with one attached hydrogen (secondary N) is 2. The van der Waals surface area contributed by atoms with Gasteiger partial charge in [-0.1, -0.05) is 53.5 Å². The van der Waals surface area contributed by atoms with Gasteiger partial charge in [-0.2, -0.15) is 13.2 Å². The van der Waals surface area contributed by atoms with Gasteiger partial charge in [-0.15, -0.1) is 0 Å². The van der Waals surface area contributed by atoms with Crippen LogP contribution in [0.15, 0.2) is 72.8 Å². The largest absolute Gasteiger partial charge is 0.416 e. The van der Waals surface area contributed by atoms with Crippen molar-refractivity contribution in [2.45, 2.75) is 25.4 Å². The molecule has 1 aliphatic rings. The lowest BCUT2D eigenvalue weighted by molar-refractivity contribution is -1.09. The zero-order valence-corrected chi connectivity index (χ0v) is 18.2. The summed E-state index contributed by atoms with van der Waals surface area (Å²) < 4.78 is 40.1. The van der Waals surface area contributed by atoms with Crippen LogP contribution >= 0.6 is 23.2 Å². The summed E-state index contributed by atoms with van der Waals surface area (Å²) in [6.45, 7) is 3.18. The smallest absolute Gasteiger partial charge is 0.274 e. The van der Waals surface area contributed by atoms with E-state index >= 15 is 0 Å². The number of quaternary nitrogens is 2. The molecule has 2 unspecified atom stereocenters. The van der Waals surface area contributed by atoms with E-state index in [-0.39, 0.29) is 6.17 Å². The Morgan fingerprint density at radius 3 is 1.68 bits per heavy atom. The van der Waals surface area contributed by atoms with Crippen LogP contribution in [0.1, 0.15) is 28.4 Å². The Labute approximate surface area is 189 Å². The van der Waals surface area contributed by atoms with Gasteiger partial charge in [-0.05, 0) is 42.5 Å². The topological polar surface area (TPSA) is 8.88 Å². The molecule has 2 N–H and O–H groups in total. The van der Waals surface area contributed by atoms with Gasteiger partial charge in [0.1, 0.15) is 26.2 Å². The molecule has 0 saturated carbocycles. The number of benzene rings is 3. The van der Waals surface area contributed by atoms with Gasteiger partial charge >= 0.3 is 6.18 Å². The van der Waals surface area contributed by atoms with Crippen LogP contribution in [-0.2, 0) is 19.3 Å². The van der Waals surface area contributed by atoms with Crippen molar-refractivity contribution >= 4 is 23.2 Å². The molecule has 0 aromatic heterocycles. The first kappa shape index (κ1) is 22.2. The lowest BCUT2D eigenvalue weighted by Gasteiger charge is -2.25. The van der Waals surface area contributed by atoms with Gasteiger partial charge in [0.25, 0.3) is 0 Å². The van der Waals surface area contributed by atoms with Crippen molar-refractivity contribution in [3.63, 3.8) is 0 Å². The van der Waals surface area contributed by atoms with Gasteiger partial charge in [-0.25, -0.2) is 0 Å². The number of hydrogen-bond acceptors (Lipinski definition) is 0. The van der Waals surface area contributed by atoms with E-state index in [1.165, 1.54) is 21.9 Å². The predicted octanol–water partition coefficient (Wildman–Crippen LogP) is 4.19. The molecule has 162 valence electrons. The minimum absolute atomic E-state index is 0.103. The summed E-state index contributed by atoms with van der Waals surface area (Å²) >= 11 is 12.0. The normalized spacial score (nSPS) is 21.4. The van der Waals surface area contributed by atoms with Gasteiger partial charge in [0, 0.05) is 21.2 Å². The molecule has 1 heterocycles. The Hall–Kier alpha value is -2.05. The fraction of sp³-hybridized carbons (Fsp3) is 0.250. The fourth-order valence-corrected chi connectivity index (χ4v) is 4.63. The third-order valence-electron chi connectivity index (χ3n) is 5.82. The highest BCUT2D eigenvalue weighted by molar-refractivity contribution is 6.30. The fourth-order valence-electron chi connectivity index (χ4n) is 4.37. The van der Waals surface area contributed by atoms with Crippen LogP contribution in [0.5, 0.6) is 0 Å². The second kappa shape index (κ2) is 9.21. The Balaban J connectivity index is 1.65. The summed E-state index contributed by atoms with van der Waals surface area (Å²) in [5.41, 5.74) is 2.34. The highest BCUT2D eigenvalue weighted by Gasteiger charge is 2.42. The Bertz CT molecular complexity index is 965. The van der Waals surface area contributed by atoms with E-state index in [4.69, 9.17) is 23.2 Å². The van der Waals surface area contributed by atoms with Crippen LogP contribution < -0.4 is 9.80 Å². The van der Waals surface area contributed by atoms with E-state index < -0.39 is 11.7 Å². The number of halogens is 5. The molecule has 1 aliphatic heterocycles. The monoisotopic (exact) mass is 466 g/mol. The van der Waals surface area contributed by atoms with E-state index in [2.05, 4.69) is 0 Å². The maximum absolute atomic E-state index is 13.4. The third kappa shape index (κ3) is 5.42. The Morgan fingerprint density at radius 1 is 0.742 bits per heavy atom. The van der Waals surface area contributed by atoms with Gasteiger partial charge in [0.15, 0.2) is 0 Å². The van der Waals surface area contributed by atoms with Crippen LogP contribution in [-0.4, -0.2) is 13.1 Å². The van der Waals surface area contributed by atoms with Crippen molar-refractivity contribution in [3.05, 3.63) is 105 Å². The molecule has 3 aromatic carbocycles. The van der Waals surface area contributed by atoms with Gasteiger partial charge in [0.05, 0.1) is 11.1 Å². The van der Waals surface area contributed by atoms with Crippen molar-refractivity contribution in [2.75, 3.05) is 13.1 Å². The summed E-state index contributed by atoms with van der Waals surface area (Å²) in [5, 5.41) is 1.34. The molecule has 7 heteroatoms. The first-order valence-corrected chi connectivity index (χ1v) is 10.9. The van der Waals surface area contributed by atoms with Gasteiger partial charge < -0.3 is 0 Å². The van der Waals surface area contributed by atoms with Crippen molar-refractivity contribution in [1.82, 2.24) is 0 Å². The standard InChI is InChI=1S/C24H21Cl2F3N2/c25-21-8-4-17(5-9-21)15-30-12-13-31(16-18-6-10-22(26)11-7-18)23(30)19-2-1-3-20(14-19)24(27,28)29/h1-11,14,23H,12-13,15-16H2/p+2. The first-order chi connectivity index (χ1) is 14.8. The number of rotatable bonds is 5.